The molecule has 0 amide bonds. The molecule has 0 N–H and O–H groups in total. The summed E-state index contributed by atoms with van der Waals surface area (Å²) in [5, 5.41) is 0. The molecule has 1 aromatic carbocycles. The summed E-state index contributed by atoms with van der Waals surface area (Å²) in [6.45, 7) is 6.22. The highest BCUT2D eigenvalue weighted by atomic mass is 16.3. The lowest BCUT2D eigenvalue weighted by Crippen LogP contribution is -2.30. The SMILES string of the molecule is Cn1c(CN2CCCN(Cc3ccco3)CC2)nc2ccccc21. The first-order chi connectivity index (χ1) is 11.8. The van der Waals surface area contributed by atoms with E-state index in [0.717, 1.165) is 56.4 Å². The Morgan fingerprint density at radius 2 is 1.75 bits per heavy atom. The fraction of sp³-hybridized carbons (Fsp3) is 0.421. The molecule has 3 heterocycles. The molecule has 1 fully saturated rings. The third-order valence-electron chi connectivity index (χ3n) is 4.89. The van der Waals surface area contributed by atoms with Gasteiger partial charge in [0.1, 0.15) is 11.6 Å². The maximum atomic E-state index is 5.48. The first-order valence-corrected chi connectivity index (χ1v) is 8.67. The van der Waals surface area contributed by atoms with Gasteiger partial charge in [0, 0.05) is 20.1 Å². The average molecular weight is 324 g/mol. The molecule has 2 aromatic heterocycles. The van der Waals surface area contributed by atoms with Gasteiger partial charge in [-0.05, 0) is 43.8 Å². The summed E-state index contributed by atoms with van der Waals surface area (Å²) in [6, 6.07) is 12.4. The van der Waals surface area contributed by atoms with Crippen LogP contribution in [0.2, 0.25) is 0 Å². The van der Waals surface area contributed by atoms with Crippen LogP contribution in [-0.2, 0) is 20.1 Å². The number of imidazole rings is 1. The highest BCUT2D eigenvalue weighted by Gasteiger charge is 2.18. The smallest absolute Gasteiger partial charge is 0.123 e. The molecule has 0 bridgehead atoms. The minimum Gasteiger partial charge on any atom is -0.468 e. The van der Waals surface area contributed by atoms with E-state index in [1.807, 2.05) is 6.07 Å². The van der Waals surface area contributed by atoms with Gasteiger partial charge in [0.25, 0.3) is 0 Å². The van der Waals surface area contributed by atoms with Crippen LogP contribution in [0.5, 0.6) is 0 Å². The molecule has 0 radical (unpaired) electrons. The summed E-state index contributed by atoms with van der Waals surface area (Å²) in [4.78, 5) is 9.81. The van der Waals surface area contributed by atoms with E-state index in [1.54, 1.807) is 6.26 Å². The van der Waals surface area contributed by atoms with Gasteiger partial charge in [-0.2, -0.15) is 0 Å². The molecular weight excluding hydrogens is 300 g/mol. The minimum atomic E-state index is 0.910. The first kappa shape index (κ1) is 15.4. The van der Waals surface area contributed by atoms with Crippen molar-refractivity contribution < 1.29 is 4.42 Å². The second kappa shape index (κ2) is 6.79. The van der Waals surface area contributed by atoms with Crippen LogP contribution in [0.4, 0.5) is 0 Å². The van der Waals surface area contributed by atoms with Crippen LogP contribution < -0.4 is 0 Å². The van der Waals surface area contributed by atoms with Crippen molar-refractivity contribution in [1.82, 2.24) is 19.4 Å². The second-order valence-corrected chi connectivity index (χ2v) is 6.56. The van der Waals surface area contributed by atoms with Gasteiger partial charge in [0.15, 0.2) is 0 Å². The molecule has 0 spiro atoms. The monoisotopic (exact) mass is 324 g/mol. The molecule has 0 saturated carbocycles. The third kappa shape index (κ3) is 3.23. The van der Waals surface area contributed by atoms with Crippen LogP contribution in [0.1, 0.15) is 18.0 Å². The highest BCUT2D eigenvalue weighted by Crippen LogP contribution is 2.17. The Bertz CT molecular complexity index is 793. The molecule has 0 atom stereocenters. The van der Waals surface area contributed by atoms with Crippen LogP contribution in [0.25, 0.3) is 11.0 Å². The number of aromatic nitrogens is 2. The topological polar surface area (TPSA) is 37.4 Å². The Balaban J connectivity index is 1.41. The van der Waals surface area contributed by atoms with Gasteiger partial charge in [-0.25, -0.2) is 4.98 Å². The lowest BCUT2D eigenvalue weighted by molar-refractivity contribution is 0.231. The van der Waals surface area contributed by atoms with E-state index >= 15 is 0 Å². The Kier molecular flexibility index (Phi) is 4.36. The van der Waals surface area contributed by atoms with Crippen molar-refractivity contribution >= 4 is 11.0 Å². The molecule has 3 aromatic rings. The molecule has 1 aliphatic rings. The summed E-state index contributed by atoms with van der Waals surface area (Å²) in [7, 11) is 2.12. The molecule has 1 aliphatic heterocycles. The third-order valence-corrected chi connectivity index (χ3v) is 4.89. The molecule has 24 heavy (non-hydrogen) atoms. The quantitative estimate of drug-likeness (QED) is 0.739. The van der Waals surface area contributed by atoms with Crippen molar-refractivity contribution in [3.63, 3.8) is 0 Å². The van der Waals surface area contributed by atoms with Crippen LogP contribution >= 0.6 is 0 Å². The number of hydrogen-bond acceptors (Lipinski definition) is 4. The van der Waals surface area contributed by atoms with E-state index in [-0.39, 0.29) is 0 Å². The van der Waals surface area contributed by atoms with Crippen molar-refractivity contribution in [2.45, 2.75) is 19.5 Å². The predicted octanol–water partition coefficient (Wildman–Crippen LogP) is 2.87. The number of nitrogens with zero attached hydrogens (tertiary/aromatic N) is 4. The van der Waals surface area contributed by atoms with E-state index in [2.05, 4.69) is 51.7 Å². The van der Waals surface area contributed by atoms with Crippen LogP contribution in [0.15, 0.2) is 47.1 Å². The summed E-state index contributed by atoms with van der Waals surface area (Å²) in [5.74, 6) is 2.20. The van der Waals surface area contributed by atoms with Crippen molar-refractivity contribution in [2.75, 3.05) is 26.2 Å². The number of aryl methyl sites for hydroxylation is 1. The predicted molar refractivity (Wildman–Crippen MR) is 94.6 cm³/mol. The lowest BCUT2D eigenvalue weighted by atomic mass is 10.3. The summed E-state index contributed by atoms with van der Waals surface area (Å²) in [5.41, 5.74) is 2.30. The fourth-order valence-corrected chi connectivity index (χ4v) is 3.50. The summed E-state index contributed by atoms with van der Waals surface area (Å²) < 4.78 is 7.70. The van der Waals surface area contributed by atoms with Crippen LogP contribution in [0, 0.1) is 0 Å². The Morgan fingerprint density at radius 1 is 0.958 bits per heavy atom. The van der Waals surface area contributed by atoms with Gasteiger partial charge < -0.3 is 8.98 Å². The Hall–Kier alpha value is -2.11. The molecule has 4 rings (SSSR count). The summed E-state index contributed by atoms with van der Waals surface area (Å²) in [6.07, 6.45) is 2.94. The number of hydrogen-bond donors (Lipinski definition) is 0. The molecule has 126 valence electrons. The van der Waals surface area contributed by atoms with E-state index in [1.165, 1.54) is 11.9 Å². The zero-order valence-electron chi connectivity index (χ0n) is 14.2. The van der Waals surface area contributed by atoms with Gasteiger partial charge in [0.2, 0.25) is 0 Å². The Morgan fingerprint density at radius 3 is 2.50 bits per heavy atom. The van der Waals surface area contributed by atoms with Gasteiger partial charge in [-0.15, -0.1) is 0 Å². The van der Waals surface area contributed by atoms with Crippen molar-refractivity contribution in [2.24, 2.45) is 7.05 Å². The fourth-order valence-electron chi connectivity index (χ4n) is 3.50. The largest absolute Gasteiger partial charge is 0.468 e. The maximum Gasteiger partial charge on any atom is 0.123 e. The number of benzene rings is 1. The molecule has 0 unspecified atom stereocenters. The average Bonchev–Trinajstić information content (AvgIpc) is 3.14. The van der Waals surface area contributed by atoms with Crippen molar-refractivity contribution in [3.05, 3.63) is 54.2 Å². The standard InChI is InChI=1S/C19H24N4O/c1-21-18-8-3-2-7-17(18)20-19(21)15-23-10-5-9-22(11-12-23)14-16-6-4-13-24-16/h2-4,6-8,13H,5,9-12,14-15H2,1H3. The number of fused-ring (bicyclic) bond motifs is 1. The van der Waals surface area contributed by atoms with Crippen molar-refractivity contribution in [1.29, 1.82) is 0 Å². The first-order valence-electron chi connectivity index (χ1n) is 8.67. The van der Waals surface area contributed by atoms with Gasteiger partial charge in [0.05, 0.1) is 30.4 Å². The van der Waals surface area contributed by atoms with Gasteiger partial charge >= 0.3 is 0 Å². The number of rotatable bonds is 4. The molecule has 5 heteroatoms. The van der Waals surface area contributed by atoms with Crippen LogP contribution in [-0.4, -0.2) is 45.5 Å². The summed E-state index contributed by atoms with van der Waals surface area (Å²) >= 11 is 0. The lowest BCUT2D eigenvalue weighted by Gasteiger charge is -2.21. The normalized spacial score (nSPS) is 17.4. The molecular formula is C19H24N4O. The van der Waals surface area contributed by atoms with E-state index in [0.29, 0.717) is 0 Å². The van der Waals surface area contributed by atoms with E-state index < -0.39 is 0 Å². The molecule has 5 nitrogen and oxygen atoms in total. The van der Waals surface area contributed by atoms with E-state index in [9.17, 15) is 0 Å². The zero-order chi connectivity index (χ0) is 16.4. The van der Waals surface area contributed by atoms with Gasteiger partial charge in [-0.1, -0.05) is 12.1 Å². The highest BCUT2D eigenvalue weighted by molar-refractivity contribution is 5.75. The number of para-hydroxylation sites is 2. The van der Waals surface area contributed by atoms with Crippen molar-refractivity contribution in [3.8, 4) is 0 Å². The van der Waals surface area contributed by atoms with Gasteiger partial charge in [-0.3, -0.25) is 9.80 Å². The van der Waals surface area contributed by atoms with Crippen LogP contribution in [0.3, 0.4) is 0 Å². The Labute approximate surface area is 142 Å². The zero-order valence-corrected chi connectivity index (χ0v) is 14.2. The van der Waals surface area contributed by atoms with E-state index in [4.69, 9.17) is 9.40 Å². The molecule has 1 saturated heterocycles. The second-order valence-electron chi connectivity index (χ2n) is 6.56. The minimum absolute atomic E-state index is 0.910. The maximum absolute atomic E-state index is 5.48. The molecule has 0 aliphatic carbocycles. The number of furan rings is 1.